The Morgan fingerprint density at radius 3 is 2.50 bits per heavy atom. The summed E-state index contributed by atoms with van der Waals surface area (Å²) in [5.74, 6) is 0.158. The number of pyridine rings is 1. The van der Waals surface area contributed by atoms with Gasteiger partial charge in [0.25, 0.3) is 5.91 Å². The number of amides is 1. The lowest BCUT2D eigenvalue weighted by molar-refractivity contribution is 0.0928. The van der Waals surface area contributed by atoms with E-state index < -0.39 is 0 Å². The summed E-state index contributed by atoms with van der Waals surface area (Å²) in [6.07, 6.45) is 7.43. The van der Waals surface area contributed by atoms with Crippen molar-refractivity contribution in [1.29, 1.82) is 0 Å². The fraction of sp³-hybridized carbons (Fsp3) is 0.455. The molecule has 2 heterocycles. The van der Waals surface area contributed by atoms with E-state index in [-0.39, 0.29) is 17.8 Å². The van der Waals surface area contributed by atoms with Crippen molar-refractivity contribution in [2.75, 3.05) is 36.9 Å². The van der Waals surface area contributed by atoms with Crippen LogP contribution in [0.5, 0.6) is 0 Å². The number of carbonyl (C=O) groups is 1. The Kier molecular flexibility index (Phi) is 5.76. The number of nitrogens with one attached hydrogen (secondary N) is 1. The molecule has 6 nitrogen and oxygen atoms in total. The lowest BCUT2D eigenvalue weighted by Gasteiger charge is -2.28. The van der Waals surface area contributed by atoms with Crippen LogP contribution >= 0.6 is 0 Å². The normalized spacial score (nSPS) is 18.1. The summed E-state index contributed by atoms with van der Waals surface area (Å²) in [4.78, 5) is 19.3. The van der Waals surface area contributed by atoms with Crippen LogP contribution in [0.4, 0.5) is 11.5 Å². The molecule has 1 saturated carbocycles. The van der Waals surface area contributed by atoms with Gasteiger partial charge in [0, 0.05) is 36.6 Å². The number of rotatable bonds is 4. The van der Waals surface area contributed by atoms with E-state index in [4.69, 9.17) is 10.5 Å². The molecule has 1 aliphatic heterocycles. The molecule has 1 aromatic heterocycles. The molecule has 2 aliphatic rings. The van der Waals surface area contributed by atoms with Crippen molar-refractivity contribution in [2.45, 2.75) is 38.1 Å². The Morgan fingerprint density at radius 2 is 1.79 bits per heavy atom. The number of nitrogens with zero attached hydrogens (tertiary/aromatic N) is 2. The van der Waals surface area contributed by atoms with Gasteiger partial charge in [0.2, 0.25) is 0 Å². The molecule has 0 radical (unpaired) electrons. The van der Waals surface area contributed by atoms with Crippen molar-refractivity contribution >= 4 is 17.4 Å². The van der Waals surface area contributed by atoms with Gasteiger partial charge in [0.15, 0.2) is 0 Å². The van der Waals surface area contributed by atoms with Gasteiger partial charge in [-0.3, -0.25) is 4.79 Å². The Bertz CT molecular complexity index is 810. The van der Waals surface area contributed by atoms with Crippen molar-refractivity contribution in [3.8, 4) is 11.1 Å². The lowest BCUT2D eigenvalue weighted by Crippen LogP contribution is -2.36. The molecule has 1 saturated heterocycles. The third kappa shape index (κ3) is 4.28. The molecule has 1 amide bonds. The van der Waals surface area contributed by atoms with Crippen molar-refractivity contribution in [1.82, 2.24) is 10.3 Å². The van der Waals surface area contributed by atoms with E-state index in [0.29, 0.717) is 5.56 Å². The largest absolute Gasteiger partial charge is 0.383 e. The highest BCUT2D eigenvalue weighted by molar-refractivity contribution is 5.99. The summed E-state index contributed by atoms with van der Waals surface area (Å²) in [6, 6.07) is 10.5. The first kappa shape index (κ1) is 18.7. The third-order valence-electron chi connectivity index (χ3n) is 5.68. The first-order valence-corrected chi connectivity index (χ1v) is 10.2. The number of hydrogen-bond donors (Lipinski definition) is 2. The summed E-state index contributed by atoms with van der Waals surface area (Å²) in [5, 5.41) is 3.13. The molecule has 2 fully saturated rings. The number of nitrogen functional groups attached to an aromatic ring is 1. The maximum atomic E-state index is 12.7. The molecule has 28 heavy (non-hydrogen) atoms. The van der Waals surface area contributed by atoms with Crippen molar-refractivity contribution in [2.24, 2.45) is 0 Å². The molecule has 0 spiro atoms. The molecular formula is C22H28N4O2. The number of anilines is 2. The molecular weight excluding hydrogens is 352 g/mol. The molecule has 0 atom stereocenters. The van der Waals surface area contributed by atoms with E-state index in [1.165, 1.54) is 24.9 Å². The van der Waals surface area contributed by atoms with Crippen molar-refractivity contribution in [3.63, 3.8) is 0 Å². The zero-order chi connectivity index (χ0) is 19.3. The van der Waals surface area contributed by atoms with Crippen LogP contribution in [0.15, 0.2) is 36.5 Å². The average molecular weight is 380 g/mol. The summed E-state index contributed by atoms with van der Waals surface area (Å²) in [7, 11) is 0. The maximum Gasteiger partial charge on any atom is 0.255 e. The fourth-order valence-electron chi connectivity index (χ4n) is 4.01. The Hall–Kier alpha value is -2.60. The second-order valence-corrected chi connectivity index (χ2v) is 7.61. The van der Waals surface area contributed by atoms with Crippen LogP contribution in [0.25, 0.3) is 11.1 Å². The highest BCUT2D eigenvalue weighted by atomic mass is 16.5. The van der Waals surface area contributed by atoms with E-state index in [0.717, 1.165) is 50.3 Å². The van der Waals surface area contributed by atoms with Crippen LogP contribution < -0.4 is 16.0 Å². The number of benzene rings is 1. The number of hydrogen-bond acceptors (Lipinski definition) is 5. The molecule has 0 unspecified atom stereocenters. The number of morpholine rings is 1. The molecule has 0 bridgehead atoms. The van der Waals surface area contributed by atoms with Crippen LogP contribution in [0.2, 0.25) is 0 Å². The minimum atomic E-state index is -0.122. The lowest BCUT2D eigenvalue weighted by atomic mass is 9.95. The summed E-state index contributed by atoms with van der Waals surface area (Å²) >= 11 is 0. The van der Waals surface area contributed by atoms with Crippen LogP contribution in [-0.2, 0) is 4.74 Å². The van der Waals surface area contributed by atoms with Gasteiger partial charge in [-0.15, -0.1) is 0 Å². The van der Waals surface area contributed by atoms with E-state index in [9.17, 15) is 4.79 Å². The van der Waals surface area contributed by atoms with Crippen LogP contribution in [0, 0.1) is 0 Å². The maximum absolute atomic E-state index is 12.7. The van der Waals surface area contributed by atoms with E-state index in [2.05, 4.69) is 39.5 Å². The van der Waals surface area contributed by atoms with Crippen molar-refractivity contribution in [3.05, 3.63) is 42.1 Å². The summed E-state index contributed by atoms with van der Waals surface area (Å²) in [6.45, 7) is 3.36. The van der Waals surface area contributed by atoms with Gasteiger partial charge in [-0.25, -0.2) is 4.98 Å². The zero-order valence-electron chi connectivity index (χ0n) is 16.2. The van der Waals surface area contributed by atoms with Gasteiger partial charge in [-0.1, -0.05) is 31.4 Å². The smallest absolute Gasteiger partial charge is 0.255 e. The molecule has 6 heteroatoms. The number of nitrogens with two attached hydrogens (primary N) is 1. The van der Waals surface area contributed by atoms with Crippen LogP contribution in [0.1, 0.15) is 42.5 Å². The summed E-state index contributed by atoms with van der Waals surface area (Å²) in [5.41, 5.74) is 9.57. The van der Waals surface area contributed by atoms with Gasteiger partial charge < -0.3 is 20.7 Å². The topological polar surface area (TPSA) is 80.5 Å². The van der Waals surface area contributed by atoms with Crippen LogP contribution in [0.3, 0.4) is 0 Å². The molecule has 4 rings (SSSR count). The predicted octanol–water partition coefficient (Wildman–Crippen LogP) is 3.23. The van der Waals surface area contributed by atoms with E-state index in [1.807, 2.05) is 6.07 Å². The SMILES string of the molecule is Nc1ncc(-c2ccc(N3CCOCC3)cc2)cc1C(=O)NC1CCCCC1. The molecule has 1 aromatic carbocycles. The van der Waals surface area contributed by atoms with Gasteiger partial charge in [-0.2, -0.15) is 0 Å². The number of aromatic nitrogens is 1. The first-order chi connectivity index (χ1) is 13.7. The van der Waals surface area contributed by atoms with Gasteiger partial charge in [-0.05, 0) is 36.6 Å². The van der Waals surface area contributed by atoms with E-state index >= 15 is 0 Å². The number of carbonyl (C=O) groups excluding carboxylic acids is 1. The fourth-order valence-corrected chi connectivity index (χ4v) is 4.01. The monoisotopic (exact) mass is 380 g/mol. The summed E-state index contributed by atoms with van der Waals surface area (Å²) < 4.78 is 5.42. The van der Waals surface area contributed by atoms with Gasteiger partial charge in [0.05, 0.1) is 18.8 Å². The van der Waals surface area contributed by atoms with Crippen LogP contribution in [-0.4, -0.2) is 43.2 Å². The van der Waals surface area contributed by atoms with Crippen molar-refractivity contribution < 1.29 is 9.53 Å². The quantitative estimate of drug-likeness (QED) is 0.851. The number of ether oxygens (including phenoxy) is 1. The van der Waals surface area contributed by atoms with Gasteiger partial charge in [0.1, 0.15) is 5.82 Å². The molecule has 2 aromatic rings. The molecule has 3 N–H and O–H groups in total. The highest BCUT2D eigenvalue weighted by Crippen LogP contribution is 2.26. The first-order valence-electron chi connectivity index (χ1n) is 10.2. The predicted molar refractivity (Wildman–Crippen MR) is 111 cm³/mol. The minimum Gasteiger partial charge on any atom is -0.383 e. The zero-order valence-corrected chi connectivity index (χ0v) is 16.2. The minimum absolute atomic E-state index is 0.122. The standard InChI is InChI=1S/C22H28N4O2/c23-21-20(22(27)25-18-4-2-1-3-5-18)14-17(15-24-21)16-6-8-19(9-7-16)26-10-12-28-13-11-26/h6-9,14-15,18H,1-5,10-13H2,(H2,23,24)(H,25,27). The second-order valence-electron chi connectivity index (χ2n) is 7.61. The molecule has 1 aliphatic carbocycles. The van der Waals surface area contributed by atoms with E-state index in [1.54, 1.807) is 6.20 Å². The molecule has 148 valence electrons. The average Bonchev–Trinajstić information content (AvgIpc) is 2.75. The van der Waals surface area contributed by atoms with Gasteiger partial charge >= 0.3 is 0 Å². The Labute approximate surface area is 166 Å². The highest BCUT2D eigenvalue weighted by Gasteiger charge is 2.19. The Morgan fingerprint density at radius 1 is 1.07 bits per heavy atom. The third-order valence-corrected chi connectivity index (χ3v) is 5.68. The Balaban J connectivity index is 1.50. The second kappa shape index (κ2) is 8.61.